The second kappa shape index (κ2) is 4.59. The van der Waals surface area contributed by atoms with Gasteiger partial charge in [0.1, 0.15) is 5.75 Å². The lowest BCUT2D eigenvalue weighted by molar-refractivity contribution is -0.150. The maximum Gasteiger partial charge on any atom is 0.335 e. The van der Waals surface area contributed by atoms with E-state index in [1.807, 2.05) is 0 Å². The summed E-state index contributed by atoms with van der Waals surface area (Å²) >= 11 is 0. The number of hydrogen-bond acceptors (Lipinski definition) is 4. The zero-order valence-corrected chi connectivity index (χ0v) is 7.38. The third-order valence-corrected chi connectivity index (χ3v) is 1.80. The van der Waals surface area contributed by atoms with Crippen molar-refractivity contribution in [1.29, 1.82) is 0 Å². The second-order valence-electron chi connectivity index (χ2n) is 2.83. The largest absolute Gasteiger partial charge is 0.508 e. The molecule has 5 nitrogen and oxygen atoms in total. The minimum atomic E-state index is -1.11. The monoisotopic (exact) mass is 197 g/mol. The number of carboxylic acids is 1. The Morgan fingerprint density at radius 3 is 2.43 bits per heavy atom. The van der Waals surface area contributed by atoms with Crippen LogP contribution in [0, 0.1) is 0 Å². The van der Waals surface area contributed by atoms with E-state index in [1.54, 1.807) is 12.1 Å². The average molecular weight is 197 g/mol. The summed E-state index contributed by atoms with van der Waals surface area (Å²) in [4.78, 5) is 14.8. The SMILES string of the molecule is NO[C@@H](Cc1ccc(O)cc1)C(=O)O. The van der Waals surface area contributed by atoms with Gasteiger partial charge in [0.25, 0.3) is 0 Å². The van der Waals surface area contributed by atoms with E-state index in [4.69, 9.17) is 16.1 Å². The molecule has 0 unspecified atom stereocenters. The van der Waals surface area contributed by atoms with Crippen molar-refractivity contribution in [3.05, 3.63) is 29.8 Å². The van der Waals surface area contributed by atoms with Crippen LogP contribution in [0.3, 0.4) is 0 Å². The first kappa shape index (κ1) is 10.5. The average Bonchev–Trinajstić information content (AvgIpc) is 2.16. The van der Waals surface area contributed by atoms with E-state index < -0.39 is 12.1 Å². The lowest BCUT2D eigenvalue weighted by Crippen LogP contribution is -2.29. The van der Waals surface area contributed by atoms with Crippen LogP contribution in [0.25, 0.3) is 0 Å². The highest BCUT2D eigenvalue weighted by Gasteiger charge is 2.17. The Morgan fingerprint density at radius 2 is 2.00 bits per heavy atom. The van der Waals surface area contributed by atoms with Crippen LogP contribution in [0.1, 0.15) is 5.56 Å². The molecule has 1 atom stereocenters. The molecule has 0 aromatic heterocycles. The quantitative estimate of drug-likeness (QED) is 0.603. The maximum absolute atomic E-state index is 10.5. The van der Waals surface area contributed by atoms with Gasteiger partial charge in [-0.25, -0.2) is 10.7 Å². The smallest absolute Gasteiger partial charge is 0.335 e. The summed E-state index contributed by atoms with van der Waals surface area (Å²) in [6.07, 6.45) is -0.883. The number of phenols is 1. The number of phenolic OH excluding ortho intramolecular Hbond substituents is 1. The Labute approximate surface area is 80.7 Å². The van der Waals surface area contributed by atoms with Gasteiger partial charge in [0, 0.05) is 6.42 Å². The number of carbonyl (C=O) groups is 1. The highest BCUT2D eigenvalue weighted by atomic mass is 16.6. The van der Waals surface area contributed by atoms with Crippen LogP contribution in [0.5, 0.6) is 5.75 Å². The minimum absolute atomic E-state index is 0.134. The van der Waals surface area contributed by atoms with Gasteiger partial charge in [-0.2, -0.15) is 0 Å². The van der Waals surface area contributed by atoms with Crippen molar-refractivity contribution in [1.82, 2.24) is 0 Å². The van der Waals surface area contributed by atoms with E-state index in [2.05, 4.69) is 4.84 Å². The van der Waals surface area contributed by atoms with Crippen LogP contribution in [-0.4, -0.2) is 22.3 Å². The van der Waals surface area contributed by atoms with Gasteiger partial charge in [-0.1, -0.05) is 12.1 Å². The summed E-state index contributed by atoms with van der Waals surface area (Å²) < 4.78 is 0. The molecule has 0 saturated heterocycles. The number of rotatable bonds is 4. The first-order valence-electron chi connectivity index (χ1n) is 3.99. The minimum Gasteiger partial charge on any atom is -0.508 e. The normalized spacial score (nSPS) is 12.4. The predicted octanol–water partition coefficient (Wildman–Crippen LogP) is 0.278. The van der Waals surface area contributed by atoms with Gasteiger partial charge in [0.15, 0.2) is 6.10 Å². The van der Waals surface area contributed by atoms with Crippen LogP contribution in [0.4, 0.5) is 0 Å². The Hall–Kier alpha value is -1.59. The van der Waals surface area contributed by atoms with Gasteiger partial charge in [0.2, 0.25) is 0 Å². The molecule has 14 heavy (non-hydrogen) atoms. The molecule has 0 radical (unpaired) electrons. The molecule has 1 aromatic carbocycles. The van der Waals surface area contributed by atoms with Crippen LogP contribution in [0.15, 0.2) is 24.3 Å². The van der Waals surface area contributed by atoms with Crippen molar-refractivity contribution in [3.8, 4) is 5.75 Å². The lowest BCUT2D eigenvalue weighted by Gasteiger charge is -2.08. The fourth-order valence-corrected chi connectivity index (χ4v) is 1.04. The molecule has 0 amide bonds. The van der Waals surface area contributed by atoms with E-state index in [0.717, 1.165) is 5.56 Å². The molecule has 0 bridgehead atoms. The standard InChI is InChI=1S/C9H11NO4/c10-14-8(9(12)13)5-6-1-3-7(11)4-2-6/h1-4,8,11H,5,10H2,(H,12,13)/t8-/m0/s1. The molecule has 0 heterocycles. The second-order valence-corrected chi connectivity index (χ2v) is 2.83. The van der Waals surface area contributed by atoms with Crippen LogP contribution >= 0.6 is 0 Å². The molecule has 1 aromatic rings. The van der Waals surface area contributed by atoms with Gasteiger partial charge >= 0.3 is 5.97 Å². The van der Waals surface area contributed by atoms with E-state index in [9.17, 15) is 4.79 Å². The van der Waals surface area contributed by atoms with Crippen molar-refractivity contribution < 1.29 is 19.8 Å². The summed E-state index contributed by atoms with van der Waals surface area (Å²) in [5.41, 5.74) is 0.737. The van der Waals surface area contributed by atoms with Crippen molar-refractivity contribution in [2.75, 3.05) is 0 Å². The van der Waals surface area contributed by atoms with Crippen molar-refractivity contribution in [2.24, 2.45) is 5.90 Å². The number of benzene rings is 1. The Bertz CT molecular complexity index is 309. The lowest BCUT2D eigenvalue weighted by atomic mass is 10.1. The highest BCUT2D eigenvalue weighted by molar-refractivity contribution is 5.72. The summed E-state index contributed by atoms with van der Waals surface area (Å²) in [7, 11) is 0. The molecule has 0 spiro atoms. The molecule has 0 saturated carbocycles. The van der Waals surface area contributed by atoms with Gasteiger partial charge in [-0.3, -0.25) is 4.84 Å². The molecule has 76 valence electrons. The Kier molecular flexibility index (Phi) is 3.44. The van der Waals surface area contributed by atoms with Gasteiger partial charge in [0.05, 0.1) is 0 Å². The number of aromatic hydroxyl groups is 1. The zero-order chi connectivity index (χ0) is 10.6. The first-order chi connectivity index (χ1) is 6.63. The fraction of sp³-hybridized carbons (Fsp3) is 0.222. The molecule has 0 aliphatic carbocycles. The third kappa shape index (κ3) is 2.72. The molecule has 0 aliphatic rings. The molecular weight excluding hydrogens is 186 g/mol. The number of aliphatic carboxylic acids is 1. The van der Waals surface area contributed by atoms with Gasteiger partial charge in [-0.15, -0.1) is 0 Å². The Balaban J connectivity index is 2.67. The molecule has 0 fully saturated rings. The van der Waals surface area contributed by atoms with Crippen LogP contribution in [0.2, 0.25) is 0 Å². The Morgan fingerprint density at radius 1 is 1.43 bits per heavy atom. The number of hydrogen-bond donors (Lipinski definition) is 3. The van der Waals surface area contributed by atoms with Crippen molar-refractivity contribution in [3.63, 3.8) is 0 Å². The third-order valence-electron chi connectivity index (χ3n) is 1.80. The molecule has 1 rings (SSSR count). The van der Waals surface area contributed by atoms with Gasteiger partial charge in [-0.05, 0) is 17.7 Å². The van der Waals surface area contributed by atoms with Crippen molar-refractivity contribution >= 4 is 5.97 Å². The summed E-state index contributed by atoms with van der Waals surface area (Å²) in [6, 6.07) is 6.18. The topological polar surface area (TPSA) is 92.8 Å². The number of carboxylic acid groups (broad SMARTS) is 1. The van der Waals surface area contributed by atoms with Crippen LogP contribution in [-0.2, 0) is 16.1 Å². The van der Waals surface area contributed by atoms with E-state index in [-0.39, 0.29) is 12.2 Å². The summed E-state index contributed by atoms with van der Waals surface area (Å²) in [5.74, 6) is 3.84. The predicted molar refractivity (Wildman–Crippen MR) is 48.5 cm³/mol. The highest BCUT2D eigenvalue weighted by Crippen LogP contribution is 2.11. The van der Waals surface area contributed by atoms with Crippen molar-refractivity contribution in [2.45, 2.75) is 12.5 Å². The zero-order valence-electron chi connectivity index (χ0n) is 7.38. The molecule has 5 heteroatoms. The molecule has 0 aliphatic heterocycles. The summed E-state index contributed by atoms with van der Waals surface area (Å²) in [6.45, 7) is 0. The summed E-state index contributed by atoms with van der Waals surface area (Å²) in [5, 5.41) is 17.6. The first-order valence-corrected chi connectivity index (χ1v) is 3.99. The fourth-order valence-electron chi connectivity index (χ4n) is 1.04. The van der Waals surface area contributed by atoms with E-state index in [1.165, 1.54) is 12.1 Å². The maximum atomic E-state index is 10.5. The molecule has 4 N–H and O–H groups in total. The molecular formula is C9H11NO4. The van der Waals surface area contributed by atoms with E-state index in [0.29, 0.717) is 0 Å². The van der Waals surface area contributed by atoms with E-state index >= 15 is 0 Å². The number of nitrogens with two attached hydrogens (primary N) is 1. The van der Waals surface area contributed by atoms with Crippen LogP contribution < -0.4 is 5.90 Å². The van der Waals surface area contributed by atoms with Gasteiger partial charge < -0.3 is 10.2 Å².